The van der Waals surface area contributed by atoms with Crippen LogP contribution in [0.1, 0.15) is 36.5 Å². The Labute approximate surface area is 117 Å². The van der Waals surface area contributed by atoms with Crippen molar-refractivity contribution in [1.82, 2.24) is 25.0 Å². The highest BCUT2D eigenvalue weighted by atomic mass is 15.3. The summed E-state index contributed by atoms with van der Waals surface area (Å²) in [5, 5.41) is 24.9. The fraction of sp³-hybridized carbons (Fsp3) is 0.462. The minimum atomic E-state index is 0.416. The van der Waals surface area contributed by atoms with Gasteiger partial charge in [0.15, 0.2) is 11.6 Å². The van der Waals surface area contributed by atoms with Gasteiger partial charge in [0.25, 0.3) is 0 Å². The number of aryl methyl sites for hydroxylation is 2. The summed E-state index contributed by atoms with van der Waals surface area (Å²) in [6, 6.07) is 2.22. The molecule has 0 aliphatic carbocycles. The van der Waals surface area contributed by atoms with Crippen LogP contribution in [0.4, 0.5) is 5.82 Å². The van der Waals surface area contributed by atoms with Gasteiger partial charge in [-0.15, -0.1) is 5.10 Å². The van der Waals surface area contributed by atoms with E-state index in [9.17, 15) is 5.26 Å². The molecular weight excluding hydrogens is 254 g/mol. The Balaban J connectivity index is 2.25. The van der Waals surface area contributed by atoms with Gasteiger partial charge in [-0.05, 0) is 18.4 Å². The molecule has 0 aliphatic heterocycles. The summed E-state index contributed by atoms with van der Waals surface area (Å²) in [4.78, 5) is 4.12. The lowest BCUT2D eigenvalue weighted by atomic mass is 10.0. The third-order valence-electron chi connectivity index (χ3n) is 3.02. The SMILES string of the molecule is CCc1nnc(NCc2ncn(C)n2)c(C#N)c1CC. The molecule has 7 heteroatoms. The Morgan fingerprint density at radius 3 is 2.65 bits per heavy atom. The van der Waals surface area contributed by atoms with E-state index >= 15 is 0 Å². The summed E-state index contributed by atoms with van der Waals surface area (Å²) in [6.07, 6.45) is 3.16. The molecule has 0 atom stereocenters. The van der Waals surface area contributed by atoms with Crippen LogP contribution >= 0.6 is 0 Å². The molecule has 104 valence electrons. The lowest BCUT2D eigenvalue weighted by Gasteiger charge is -2.10. The van der Waals surface area contributed by atoms with Crippen LogP contribution in [0.15, 0.2) is 6.33 Å². The molecule has 2 aromatic heterocycles. The van der Waals surface area contributed by atoms with Crippen molar-refractivity contribution in [2.24, 2.45) is 7.05 Å². The normalized spacial score (nSPS) is 10.3. The first kappa shape index (κ1) is 13.9. The third kappa shape index (κ3) is 2.74. The molecule has 0 aromatic carbocycles. The van der Waals surface area contributed by atoms with E-state index < -0.39 is 0 Å². The molecule has 1 N–H and O–H groups in total. The molecular formula is C13H17N7. The van der Waals surface area contributed by atoms with Gasteiger partial charge in [-0.2, -0.15) is 15.5 Å². The fourth-order valence-electron chi connectivity index (χ4n) is 2.04. The number of nitriles is 1. The van der Waals surface area contributed by atoms with Gasteiger partial charge < -0.3 is 5.32 Å². The van der Waals surface area contributed by atoms with Crippen molar-refractivity contribution in [1.29, 1.82) is 5.26 Å². The molecule has 0 aliphatic rings. The monoisotopic (exact) mass is 271 g/mol. The summed E-state index contributed by atoms with van der Waals surface area (Å²) in [6.45, 7) is 4.44. The maximum absolute atomic E-state index is 9.36. The predicted octanol–water partition coefficient (Wildman–Crippen LogP) is 1.21. The Morgan fingerprint density at radius 2 is 2.10 bits per heavy atom. The Kier molecular flexibility index (Phi) is 4.25. The largest absolute Gasteiger partial charge is 0.360 e. The molecule has 0 fully saturated rings. The number of anilines is 1. The number of nitrogens with zero attached hydrogens (tertiary/aromatic N) is 6. The van der Waals surface area contributed by atoms with E-state index in [0.717, 1.165) is 24.1 Å². The van der Waals surface area contributed by atoms with Crippen molar-refractivity contribution in [2.45, 2.75) is 33.2 Å². The highest BCUT2D eigenvalue weighted by molar-refractivity contribution is 5.56. The van der Waals surface area contributed by atoms with Gasteiger partial charge >= 0.3 is 0 Å². The molecule has 2 aromatic rings. The Bertz CT molecular complexity index is 639. The molecule has 0 saturated heterocycles. The van der Waals surface area contributed by atoms with Crippen molar-refractivity contribution in [2.75, 3.05) is 5.32 Å². The topological polar surface area (TPSA) is 92.3 Å². The van der Waals surface area contributed by atoms with Gasteiger partial charge in [0, 0.05) is 7.05 Å². The zero-order valence-corrected chi connectivity index (χ0v) is 11.9. The van der Waals surface area contributed by atoms with Crippen molar-refractivity contribution in [3.05, 3.63) is 29.0 Å². The molecule has 2 rings (SSSR count). The second kappa shape index (κ2) is 6.10. The van der Waals surface area contributed by atoms with Gasteiger partial charge in [-0.25, -0.2) is 4.98 Å². The molecule has 0 radical (unpaired) electrons. The Hall–Kier alpha value is -2.49. The fourth-order valence-corrected chi connectivity index (χ4v) is 2.04. The maximum atomic E-state index is 9.36. The van der Waals surface area contributed by atoms with Crippen LogP contribution in [-0.4, -0.2) is 25.0 Å². The van der Waals surface area contributed by atoms with Gasteiger partial charge in [0.2, 0.25) is 0 Å². The van der Waals surface area contributed by atoms with Crippen LogP contribution in [-0.2, 0) is 26.4 Å². The van der Waals surface area contributed by atoms with Crippen molar-refractivity contribution >= 4 is 5.82 Å². The summed E-state index contributed by atoms with van der Waals surface area (Å²) in [5.74, 6) is 1.14. The first-order valence-electron chi connectivity index (χ1n) is 6.56. The minimum absolute atomic E-state index is 0.416. The molecule has 2 heterocycles. The molecule has 7 nitrogen and oxygen atoms in total. The van der Waals surface area contributed by atoms with Crippen LogP contribution in [0.2, 0.25) is 0 Å². The first-order chi connectivity index (χ1) is 9.69. The quantitative estimate of drug-likeness (QED) is 0.878. The highest BCUT2D eigenvalue weighted by Crippen LogP contribution is 2.20. The molecule has 0 spiro atoms. The van der Waals surface area contributed by atoms with E-state index in [-0.39, 0.29) is 0 Å². The van der Waals surface area contributed by atoms with Crippen LogP contribution < -0.4 is 5.32 Å². The molecule has 0 amide bonds. The van der Waals surface area contributed by atoms with Gasteiger partial charge in [-0.1, -0.05) is 13.8 Å². The summed E-state index contributed by atoms with van der Waals surface area (Å²) < 4.78 is 1.63. The van der Waals surface area contributed by atoms with E-state index in [0.29, 0.717) is 23.8 Å². The predicted molar refractivity (Wildman–Crippen MR) is 73.8 cm³/mol. The van der Waals surface area contributed by atoms with Crippen LogP contribution in [0.5, 0.6) is 0 Å². The van der Waals surface area contributed by atoms with Gasteiger partial charge in [0.1, 0.15) is 18.0 Å². The third-order valence-corrected chi connectivity index (χ3v) is 3.02. The van der Waals surface area contributed by atoms with E-state index in [1.54, 1.807) is 11.0 Å². The average molecular weight is 271 g/mol. The van der Waals surface area contributed by atoms with Crippen molar-refractivity contribution in [3.63, 3.8) is 0 Å². The Morgan fingerprint density at radius 1 is 1.30 bits per heavy atom. The summed E-state index contributed by atoms with van der Waals surface area (Å²) in [5.41, 5.74) is 2.40. The van der Waals surface area contributed by atoms with Crippen LogP contribution in [0.25, 0.3) is 0 Å². The van der Waals surface area contributed by atoms with E-state index in [1.807, 2.05) is 20.9 Å². The van der Waals surface area contributed by atoms with Gasteiger partial charge in [0.05, 0.1) is 12.2 Å². The van der Waals surface area contributed by atoms with Crippen molar-refractivity contribution < 1.29 is 0 Å². The second-order valence-electron chi connectivity index (χ2n) is 4.36. The smallest absolute Gasteiger partial charge is 0.169 e. The number of hydrogen-bond acceptors (Lipinski definition) is 6. The number of nitrogens with one attached hydrogen (secondary N) is 1. The molecule has 0 bridgehead atoms. The maximum Gasteiger partial charge on any atom is 0.169 e. The van der Waals surface area contributed by atoms with Crippen molar-refractivity contribution in [3.8, 4) is 6.07 Å². The second-order valence-corrected chi connectivity index (χ2v) is 4.36. The lowest BCUT2D eigenvalue weighted by molar-refractivity contribution is 0.746. The average Bonchev–Trinajstić information content (AvgIpc) is 2.89. The first-order valence-corrected chi connectivity index (χ1v) is 6.56. The van der Waals surface area contributed by atoms with E-state index in [1.165, 1.54) is 0 Å². The van der Waals surface area contributed by atoms with E-state index in [2.05, 4.69) is 31.7 Å². The van der Waals surface area contributed by atoms with E-state index in [4.69, 9.17) is 0 Å². The summed E-state index contributed by atoms with van der Waals surface area (Å²) in [7, 11) is 1.81. The minimum Gasteiger partial charge on any atom is -0.360 e. The zero-order chi connectivity index (χ0) is 14.5. The van der Waals surface area contributed by atoms with Crippen LogP contribution in [0, 0.1) is 11.3 Å². The molecule has 0 unspecified atom stereocenters. The highest BCUT2D eigenvalue weighted by Gasteiger charge is 2.14. The lowest BCUT2D eigenvalue weighted by Crippen LogP contribution is -2.10. The standard InChI is InChI=1S/C13H17N7/c1-4-9-10(6-14)13(18-17-11(9)5-2)15-7-12-16-8-20(3)19-12/h8H,4-5,7H2,1-3H3,(H,15,18). The van der Waals surface area contributed by atoms with Gasteiger partial charge in [-0.3, -0.25) is 4.68 Å². The molecule has 20 heavy (non-hydrogen) atoms. The zero-order valence-electron chi connectivity index (χ0n) is 11.9. The number of hydrogen-bond donors (Lipinski definition) is 1. The summed E-state index contributed by atoms with van der Waals surface area (Å²) >= 11 is 0. The number of rotatable bonds is 5. The molecule has 0 saturated carbocycles. The van der Waals surface area contributed by atoms with Crippen LogP contribution in [0.3, 0.4) is 0 Å². The number of aromatic nitrogens is 5.